The predicted molar refractivity (Wildman–Crippen MR) is 72.8 cm³/mol. The van der Waals surface area contributed by atoms with E-state index in [-0.39, 0.29) is 0 Å². The first-order chi connectivity index (χ1) is 7.62. The molecule has 0 aliphatic carbocycles. The van der Waals surface area contributed by atoms with Crippen molar-refractivity contribution in [1.29, 1.82) is 0 Å². The third-order valence-electron chi connectivity index (χ3n) is 4.69. The molecule has 0 amide bonds. The predicted octanol–water partition coefficient (Wildman–Crippen LogP) is 4.32. The van der Waals surface area contributed by atoms with E-state index in [0.717, 1.165) is 5.92 Å². The zero-order valence-corrected chi connectivity index (χ0v) is 11.9. The molecular weight excluding hydrogens is 194 g/mol. The first kappa shape index (κ1) is 14.0. The number of hydrogen-bond acceptors (Lipinski definition) is 1. The summed E-state index contributed by atoms with van der Waals surface area (Å²) in [7, 11) is 0. The average Bonchev–Trinajstić information content (AvgIpc) is 3.09. The number of nitrogens with zero attached hydrogens (tertiary/aromatic N) is 1. The van der Waals surface area contributed by atoms with Gasteiger partial charge in [-0.3, -0.25) is 0 Å². The van der Waals surface area contributed by atoms with E-state index in [0.29, 0.717) is 5.41 Å². The molecular formula is C15H31N. The first-order valence-corrected chi connectivity index (χ1v) is 7.34. The van der Waals surface area contributed by atoms with Crippen molar-refractivity contribution in [3.05, 3.63) is 0 Å². The summed E-state index contributed by atoms with van der Waals surface area (Å²) < 4.78 is 0. The van der Waals surface area contributed by atoms with Crippen LogP contribution >= 0.6 is 0 Å². The molecule has 1 fully saturated rings. The topological polar surface area (TPSA) is 3.01 Å². The van der Waals surface area contributed by atoms with Gasteiger partial charge in [0.1, 0.15) is 0 Å². The Balaban J connectivity index is 2.37. The Hall–Kier alpha value is -0.0400. The lowest BCUT2D eigenvalue weighted by Gasteiger charge is -2.36. The van der Waals surface area contributed by atoms with Gasteiger partial charge in [0.25, 0.3) is 0 Å². The van der Waals surface area contributed by atoms with E-state index >= 15 is 0 Å². The maximum absolute atomic E-state index is 2.57. The molecule has 0 spiro atoms. The molecule has 1 aliphatic rings. The molecule has 96 valence electrons. The van der Waals surface area contributed by atoms with Gasteiger partial charge in [0.05, 0.1) is 0 Å². The summed E-state index contributed by atoms with van der Waals surface area (Å²) in [6.07, 6.45) is 8.37. The SMILES string of the molecule is CCCCCC(C)(CCN1CC1)C(C)CC. The van der Waals surface area contributed by atoms with Gasteiger partial charge in [-0.15, -0.1) is 0 Å². The Kier molecular flexibility index (Phi) is 5.82. The van der Waals surface area contributed by atoms with Crippen molar-refractivity contribution in [3.8, 4) is 0 Å². The third kappa shape index (κ3) is 4.45. The fourth-order valence-corrected chi connectivity index (χ4v) is 2.60. The second kappa shape index (κ2) is 6.64. The van der Waals surface area contributed by atoms with Gasteiger partial charge in [0.15, 0.2) is 0 Å². The van der Waals surface area contributed by atoms with Crippen molar-refractivity contribution in [1.82, 2.24) is 4.90 Å². The van der Waals surface area contributed by atoms with Crippen molar-refractivity contribution in [2.75, 3.05) is 19.6 Å². The molecule has 0 aromatic carbocycles. The van der Waals surface area contributed by atoms with Crippen LogP contribution in [-0.2, 0) is 0 Å². The lowest BCUT2D eigenvalue weighted by Crippen LogP contribution is -2.28. The van der Waals surface area contributed by atoms with Gasteiger partial charge in [-0.05, 0) is 30.7 Å². The lowest BCUT2D eigenvalue weighted by atomic mass is 9.71. The maximum Gasteiger partial charge on any atom is 0.0110 e. The minimum Gasteiger partial charge on any atom is -0.301 e. The van der Waals surface area contributed by atoms with E-state index in [4.69, 9.17) is 0 Å². The third-order valence-corrected chi connectivity index (χ3v) is 4.69. The van der Waals surface area contributed by atoms with Crippen LogP contribution in [0.1, 0.15) is 66.2 Å². The van der Waals surface area contributed by atoms with E-state index < -0.39 is 0 Å². The normalized spacial score (nSPS) is 21.8. The number of hydrogen-bond donors (Lipinski definition) is 0. The summed E-state index contributed by atoms with van der Waals surface area (Å²) in [5, 5.41) is 0. The van der Waals surface area contributed by atoms with Crippen LogP contribution in [0.4, 0.5) is 0 Å². The summed E-state index contributed by atoms with van der Waals surface area (Å²) in [6.45, 7) is 13.7. The second-order valence-corrected chi connectivity index (χ2v) is 6.01. The van der Waals surface area contributed by atoms with Crippen LogP contribution in [0.2, 0.25) is 0 Å². The van der Waals surface area contributed by atoms with E-state index in [1.165, 1.54) is 58.2 Å². The zero-order chi connectivity index (χ0) is 12.0. The molecule has 0 radical (unpaired) electrons. The van der Waals surface area contributed by atoms with Gasteiger partial charge in [0, 0.05) is 13.1 Å². The number of rotatable bonds is 9. The van der Waals surface area contributed by atoms with E-state index in [1.807, 2.05) is 0 Å². The van der Waals surface area contributed by atoms with Crippen molar-refractivity contribution in [2.24, 2.45) is 11.3 Å². The van der Waals surface area contributed by atoms with E-state index in [1.54, 1.807) is 0 Å². The minimum atomic E-state index is 0.590. The van der Waals surface area contributed by atoms with Crippen molar-refractivity contribution < 1.29 is 0 Å². The van der Waals surface area contributed by atoms with Crippen molar-refractivity contribution >= 4 is 0 Å². The molecule has 2 atom stereocenters. The van der Waals surface area contributed by atoms with Crippen LogP contribution in [-0.4, -0.2) is 24.5 Å². The Bertz CT molecular complexity index is 186. The molecule has 0 N–H and O–H groups in total. The Morgan fingerprint density at radius 3 is 2.31 bits per heavy atom. The van der Waals surface area contributed by atoms with Crippen LogP contribution in [0.15, 0.2) is 0 Å². The molecule has 16 heavy (non-hydrogen) atoms. The largest absolute Gasteiger partial charge is 0.301 e. The lowest BCUT2D eigenvalue weighted by molar-refractivity contribution is 0.148. The number of unbranched alkanes of at least 4 members (excludes halogenated alkanes) is 2. The van der Waals surface area contributed by atoms with Gasteiger partial charge >= 0.3 is 0 Å². The molecule has 1 nitrogen and oxygen atoms in total. The van der Waals surface area contributed by atoms with Crippen LogP contribution in [0.5, 0.6) is 0 Å². The monoisotopic (exact) mass is 225 g/mol. The summed E-state index contributed by atoms with van der Waals surface area (Å²) >= 11 is 0. The highest BCUT2D eigenvalue weighted by molar-refractivity contribution is 4.83. The Labute approximate surface area is 103 Å². The van der Waals surface area contributed by atoms with Gasteiger partial charge in [-0.1, -0.05) is 53.4 Å². The first-order valence-electron chi connectivity index (χ1n) is 7.34. The van der Waals surface area contributed by atoms with Gasteiger partial charge < -0.3 is 4.90 Å². The fourth-order valence-electron chi connectivity index (χ4n) is 2.60. The highest BCUT2D eigenvalue weighted by Gasteiger charge is 2.31. The molecule has 0 aromatic rings. The Morgan fingerprint density at radius 1 is 1.12 bits per heavy atom. The van der Waals surface area contributed by atoms with E-state index in [9.17, 15) is 0 Å². The highest BCUT2D eigenvalue weighted by atomic mass is 15.2. The van der Waals surface area contributed by atoms with E-state index in [2.05, 4.69) is 32.6 Å². The zero-order valence-electron chi connectivity index (χ0n) is 11.9. The second-order valence-electron chi connectivity index (χ2n) is 6.01. The van der Waals surface area contributed by atoms with Crippen molar-refractivity contribution in [2.45, 2.75) is 66.2 Å². The molecule has 0 bridgehead atoms. The minimum absolute atomic E-state index is 0.590. The Morgan fingerprint density at radius 2 is 1.81 bits per heavy atom. The van der Waals surface area contributed by atoms with Crippen LogP contribution in [0, 0.1) is 11.3 Å². The maximum atomic E-state index is 2.57. The van der Waals surface area contributed by atoms with Gasteiger partial charge in [-0.25, -0.2) is 0 Å². The molecule has 1 heteroatoms. The summed E-state index contributed by atoms with van der Waals surface area (Å²) in [4.78, 5) is 2.57. The van der Waals surface area contributed by atoms with Crippen LogP contribution in [0.25, 0.3) is 0 Å². The van der Waals surface area contributed by atoms with Gasteiger partial charge in [-0.2, -0.15) is 0 Å². The van der Waals surface area contributed by atoms with Gasteiger partial charge in [0.2, 0.25) is 0 Å². The standard InChI is InChI=1S/C15H31N/c1-5-7-8-9-15(4,14(3)6-2)10-11-16-12-13-16/h14H,5-13H2,1-4H3. The van der Waals surface area contributed by atoms with Crippen LogP contribution in [0.3, 0.4) is 0 Å². The van der Waals surface area contributed by atoms with Crippen molar-refractivity contribution in [3.63, 3.8) is 0 Å². The summed E-state index contributed by atoms with van der Waals surface area (Å²) in [5.74, 6) is 0.879. The summed E-state index contributed by atoms with van der Waals surface area (Å²) in [6, 6.07) is 0. The molecule has 0 saturated carbocycles. The molecule has 1 saturated heterocycles. The molecule has 0 aromatic heterocycles. The van der Waals surface area contributed by atoms with Crippen LogP contribution < -0.4 is 0 Å². The molecule has 2 unspecified atom stereocenters. The quantitative estimate of drug-likeness (QED) is 0.417. The molecule has 1 heterocycles. The smallest absolute Gasteiger partial charge is 0.0110 e. The average molecular weight is 225 g/mol. The summed E-state index contributed by atoms with van der Waals surface area (Å²) in [5.41, 5.74) is 0.590. The fraction of sp³-hybridized carbons (Fsp3) is 1.00. The highest BCUT2D eigenvalue weighted by Crippen LogP contribution is 2.39. The molecule has 1 aliphatic heterocycles. The molecule has 1 rings (SSSR count).